The van der Waals surface area contributed by atoms with Crippen molar-refractivity contribution >= 4 is 11.0 Å². The molecule has 20 heavy (non-hydrogen) atoms. The minimum absolute atomic E-state index is 0. The van der Waals surface area contributed by atoms with E-state index in [1.165, 1.54) is 0 Å². The van der Waals surface area contributed by atoms with Gasteiger partial charge in [0.05, 0.1) is 11.3 Å². The first-order valence-electron chi connectivity index (χ1n) is 6.14. The summed E-state index contributed by atoms with van der Waals surface area (Å²) in [4.78, 5) is 11.5. The third-order valence-electron chi connectivity index (χ3n) is 2.78. The van der Waals surface area contributed by atoms with Crippen LogP contribution in [0.5, 0.6) is 0 Å². The molecule has 2 N–H and O–H groups in total. The Bertz CT molecular complexity index is 767. The van der Waals surface area contributed by atoms with Gasteiger partial charge in [0.15, 0.2) is 0 Å². The maximum atomic E-state index is 4.46. The van der Waals surface area contributed by atoms with Gasteiger partial charge in [-0.3, -0.25) is 9.78 Å². The minimum atomic E-state index is 0. The van der Waals surface area contributed by atoms with E-state index in [2.05, 4.69) is 43.5 Å². The van der Waals surface area contributed by atoms with Crippen molar-refractivity contribution in [3.8, 4) is 11.4 Å². The standard InChI is InChI=1S/C12H14N7.K/c1-3-5-13-11-9-10(8-4-6-19(2)18-8)16-17-12(9)15-7-14-11;/h4,6H,3,5H2,1-2H3,(H2,13,14,15,16,17);/q-1;+1. The van der Waals surface area contributed by atoms with Gasteiger partial charge < -0.3 is 15.0 Å². The molecular formula is C12H14KN7. The zero-order valence-corrected chi connectivity index (χ0v) is 14.9. The molecule has 0 atom stereocenters. The number of aromatic nitrogens is 6. The number of hydrogen-bond donors (Lipinski definition) is 2. The van der Waals surface area contributed by atoms with Gasteiger partial charge in [0, 0.05) is 31.6 Å². The fourth-order valence-corrected chi connectivity index (χ4v) is 1.91. The van der Waals surface area contributed by atoms with Crippen molar-refractivity contribution in [2.75, 3.05) is 6.54 Å². The molecule has 0 saturated carbocycles. The molecule has 0 fully saturated rings. The van der Waals surface area contributed by atoms with E-state index in [-0.39, 0.29) is 51.4 Å². The van der Waals surface area contributed by atoms with Crippen LogP contribution in [-0.2, 0) is 7.05 Å². The van der Waals surface area contributed by atoms with Gasteiger partial charge >= 0.3 is 51.4 Å². The van der Waals surface area contributed by atoms with Gasteiger partial charge in [-0.15, -0.1) is 0 Å². The first-order valence-corrected chi connectivity index (χ1v) is 6.14. The van der Waals surface area contributed by atoms with E-state index in [0.717, 1.165) is 29.7 Å². The van der Waals surface area contributed by atoms with Gasteiger partial charge in [-0.2, -0.15) is 5.10 Å². The normalized spacial score (nSPS) is 11.8. The van der Waals surface area contributed by atoms with Gasteiger partial charge in [-0.25, -0.2) is 5.10 Å². The molecule has 0 spiro atoms. The van der Waals surface area contributed by atoms with Crippen molar-refractivity contribution < 1.29 is 51.4 Å². The molecule has 0 aliphatic carbocycles. The maximum absolute atomic E-state index is 4.46. The number of hydrogen-bond acceptors (Lipinski definition) is 4. The van der Waals surface area contributed by atoms with E-state index in [4.69, 9.17) is 0 Å². The van der Waals surface area contributed by atoms with Crippen molar-refractivity contribution in [2.24, 2.45) is 12.0 Å². The number of fused-ring (bicyclic) bond motifs is 1. The summed E-state index contributed by atoms with van der Waals surface area (Å²) in [6.07, 6.45) is 5.56. The van der Waals surface area contributed by atoms with Crippen LogP contribution >= 0.6 is 0 Å². The Kier molecular flexibility index (Phi) is 5.27. The third-order valence-corrected chi connectivity index (χ3v) is 2.78. The summed E-state index contributed by atoms with van der Waals surface area (Å²) in [6.45, 7) is 2.81. The van der Waals surface area contributed by atoms with E-state index in [0.29, 0.717) is 11.1 Å². The molecule has 0 bridgehead atoms. The average Bonchev–Trinajstić information content (AvgIpc) is 3.02. The molecule has 98 valence electrons. The van der Waals surface area contributed by atoms with Crippen LogP contribution in [0.15, 0.2) is 17.3 Å². The molecule has 8 heteroatoms. The molecule has 3 heterocycles. The maximum Gasteiger partial charge on any atom is 1.00 e. The molecule has 3 aromatic heterocycles. The van der Waals surface area contributed by atoms with E-state index in [9.17, 15) is 0 Å². The predicted octanol–water partition coefficient (Wildman–Crippen LogP) is -2.20. The summed E-state index contributed by atoms with van der Waals surface area (Å²) < 4.78 is 1.75. The molecule has 0 unspecified atom stereocenters. The van der Waals surface area contributed by atoms with Crippen LogP contribution in [0.25, 0.3) is 22.4 Å². The Morgan fingerprint density at radius 3 is 3.00 bits per heavy atom. The number of aromatic amines is 2. The quantitative estimate of drug-likeness (QED) is 0.425. The van der Waals surface area contributed by atoms with Gasteiger partial charge in [0.1, 0.15) is 5.69 Å². The zero-order chi connectivity index (χ0) is 13.2. The van der Waals surface area contributed by atoms with Crippen molar-refractivity contribution in [3.05, 3.63) is 24.1 Å². The topological polar surface area (TPSA) is 87.5 Å². The van der Waals surface area contributed by atoms with Crippen LogP contribution in [0.1, 0.15) is 13.3 Å². The van der Waals surface area contributed by atoms with Gasteiger partial charge in [-0.1, -0.05) is 6.92 Å². The van der Waals surface area contributed by atoms with Crippen molar-refractivity contribution in [2.45, 2.75) is 13.3 Å². The SMILES string of the molecule is CCCN=c1n[c-][nH]c2n[nH]c(-c3ccn(C)n3)c12.[K+]. The smallest absolute Gasteiger partial charge is 0.436 e. The predicted molar refractivity (Wildman–Crippen MR) is 70.0 cm³/mol. The summed E-state index contributed by atoms with van der Waals surface area (Å²) in [5.41, 5.74) is 2.97. The van der Waals surface area contributed by atoms with Gasteiger partial charge in [-0.05, 0) is 17.9 Å². The Hall–Kier alpha value is -0.804. The second-order valence-corrected chi connectivity index (χ2v) is 4.25. The van der Waals surface area contributed by atoms with E-state index < -0.39 is 0 Å². The van der Waals surface area contributed by atoms with Crippen LogP contribution in [0.4, 0.5) is 0 Å². The number of nitrogens with one attached hydrogen (secondary N) is 2. The van der Waals surface area contributed by atoms with Crippen LogP contribution in [-0.4, -0.2) is 36.5 Å². The van der Waals surface area contributed by atoms with Crippen molar-refractivity contribution in [1.29, 1.82) is 0 Å². The number of H-pyrrole nitrogens is 2. The summed E-state index contributed by atoms with van der Waals surface area (Å²) >= 11 is 0. The monoisotopic (exact) mass is 295 g/mol. The number of aryl methyl sites for hydroxylation is 1. The second kappa shape index (κ2) is 6.77. The van der Waals surface area contributed by atoms with Crippen molar-refractivity contribution in [1.82, 2.24) is 29.9 Å². The summed E-state index contributed by atoms with van der Waals surface area (Å²) in [6, 6.07) is 1.92. The molecule has 0 aliphatic heterocycles. The molecule has 0 aromatic carbocycles. The summed E-state index contributed by atoms with van der Waals surface area (Å²) in [7, 11) is 1.88. The van der Waals surface area contributed by atoms with Crippen LogP contribution in [0.2, 0.25) is 0 Å². The van der Waals surface area contributed by atoms with E-state index >= 15 is 0 Å². The molecule has 3 rings (SSSR count). The summed E-state index contributed by atoms with van der Waals surface area (Å²) in [5.74, 6) is 0. The first kappa shape index (κ1) is 15.6. The molecule has 0 aliphatic rings. The fourth-order valence-electron chi connectivity index (χ4n) is 1.91. The van der Waals surface area contributed by atoms with E-state index in [1.54, 1.807) is 4.68 Å². The molecule has 3 aromatic rings. The van der Waals surface area contributed by atoms with Crippen LogP contribution in [0, 0.1) is 6.33 Å². The zero-order valence-electron chi connectivity index (χ0n) is 11.8. The summed E-state index contributed by atoms with van der Waals surface area (Å²) in [5, 5.41) is 12.4. The molecule has 0 saturated heterocycles. The Labute approximate surface area is 158 Å². The Balaban J connectivity index is 0.00000147. The fraction of sp³-hybridized carbons (Fsp3) is 0.333. The third kappa shape index (κ3) is 2.94. The molecule has 0 radical (unpaired) electrons. The second-order valence-electron chi connectivity index (χ2n) is 4.25. The molecular weight excluding hydrogens is 281 g/mol. The van der Waals surface area contributed by atoms with Gasteiger partial charge in [0.25, 0.3) is 0 Å². The average molecular weight is 295 g/mol. The molecule has 0 amide bonds. The first-order chi connectivity index (χ1) is 9.29. The van der Waals surface area contributed by atoms with Crippen LogP contribution in [0.3, 0.4) is 0 Å². The number of rotatable bonds is 3. The van der Waals surface area contributed by atoms with Gasteiger partial charge in [0.2, 0.25) is 0 Å². The van der Waals surface area contributed by atoms with E-state index in [1.807, 2.05) is 19.3 Å². The van der Waals surface area contributed by atoms with Crippen LogP contribution < -0.4 is 56.9 Å². The molecule has 7 nitrogen and oxygen atoms in total. The minimum Gasteiger partial charge on any atom is -0.436 e. The Morgan fingerprint density at radius 2 is 2.30 bits per heavy atom. The number of nitrogens with zero attached hydrogens (tertiary/aromatic N) is 5. The van der Waals surface area contributed by atoms with Crippen molar-refractivity contribution in [3.63, 3.8) is 0 Å². The largest absolute Gasteiger partial charge is 1.00 e. The Morgan fingerprint density at radius 1 is 1.45 bits per heavy atom.